The molecule has 2 N–H and O–H groups in total. The van der Waals surface area contributed by atoms with E-state index < -0.39 is 0 Å². The molecule has 0 fully saturated rings. The Hall–Kier alpha value is -1.19. The van der Waals surface area contributed by atoms with Gasteiger partial charge in [-0.2, -0.15) is 5.10 Å². The van der Waals surface area contributed by atoms with Crippen molar-refractivity contribution in [3.8, 4) is 0 Å². The molecule has 0 bridgehead atoms. The molecule has 0 aromatic carbocycles. The summed E-state index contributed by atoms with van der Waals surface area (Å²) < 4.78 is 1.89. The highest BCUT2D eigenvalue weighted by Gasteiger charge is 2.17. The molecule has 0 saturated carbocycles. The Kier molecular flexibility index (Phi) is 4.21. The lowest BCUT2D eigenvalue weighted by Crippen LogP contribution is -2.30. The van der Waals surface area contributed by atoms with Crippen LogP contribution in [0.3, 0.4) is 0 Å². The van der Waals surface area contributed by atoms with E-state index in [-0.39, 0.29) is 0 Å². The fraction of sp³-hybridized carbons (Fsp3) is 0.750. The lowest BCUT2D eigenvalue weighted by molar-refractivity contribution is 0.539. The lowest BCUT2D eigenvalue weighted by atomic mass is 10.1. The van der Waals surface area contributed by atoms with Crippen LogP contribution in [0.15, 0.2) is 0 Å². The minimum atomic E-state index is 0.676. The molecule has 0 saturated heterocycles. The molecule has 0 radical (unpaired) electrons. The Labute approximate surface area is 98.4 Å². The van der Waals surface area contributed by atoms with Crippen LogP contribution < -0.4 is 10.6 Å². The smallest absolute Gasteiger partial charge is 0.150 e. The summed E-state index contributed by atoms with van der Waals surface area (Å²) in [4.78, 5) is 2.31. The Morgan fingerprint density at radius 3 is 2.44 bits per heavy atom. The third-order valence-electron chi connectivity index (χ3n) is 3.15. The topological polar surface area (TPSA) is 47.1 Å². The van der Waals surface area contributed by atoms with Crippen molar-refractivity contribution >= 4 is 11.5 Å². The number of nitrogens with two attached hydrogens (primary N) is 1. The van der Waals surface area contributed by atoms with Gasteiger partial charge in [-0.3, -0.25) is 4.68 Å². The molecule has 1 rings (SSSR count). The molecule has 4 nitrogen and oxygen atoms in total. The zero-order valence-electron chi connectivity index (χ0n) is 11.1. The Morgan fingerprint density at radius 2 is 2.06 bits per heavy atom. The van der Waals surface area contributed by atoms with Crippen molar-refractivity contribution in [1.82, 2.24) is 9.78 Å². The summed E-state index contributed by atoms with van der Waals surface area (Å²) >= 11 is 0. The SMILES string of the molecule is CCC(C)CN(CC)c1c(N)c(C)nn1C. The average Bonchev–Trinajstić information content (AvgIpc) is 2.50. The minimum Gasteiger partial charge on any atom is -0.394 e. The van der Waals surface area contributed by atoms with Gasteiger partial charge in [0.2, 0.25) is 0 Å². The Balaban J connectivity index is 2.94. The number of nitrogens with zero attached hydrogens (tertiary/aromatic N) is 3. The normalized spacial score (nSPS) is 12.8. The monoisotopic (exact) mass is 224 g/mol. The van der Waals surface area contributed by atoms with Crippen LogP contribution >= 0.6 is 0 Å². The quantitative estimate of drug-likeness (QED) is 0.834. The molecule has 1 atom stereocenters. The second-order valence-corrected chi connectivity index (χ2v) is 4.50. The first-order chi connectivity index (χ1) is 7.51. The predicted octanol–water partition coefficient (Wildman–Crippen LogP) is 2.18. The third-order valence-corrected chi connectivity index (χ3v) is 3.15. The molecule has 1 heterocycles. The largest absolute Gasteiger partial charge is 0.394 e. The zero-order chi connectivity index (χ0) is 12.3. The average molecular weight is 224 g/mol. The van der Waals surface area contributed by atoms with Gasteiger partial charge in [0.15, 0.2) is 0 Å². The molecule has 16 heavy (non-hydrogen) atoms. The van der Waals surface area contributed by atoms with Gasteiger partial charge in [0.25, 0.3) is 0 Å². The number of anilines is 2. The van der Waals surface area contributed by atoms with Gasteiger partial charge in [0.1, 0.15) is 5.82 Å². The summed E-state index contributed by atoms with van der Waals surface area (Å²) in [6.45, 7) is 10.6. The predicted molar refractivity (Wildman–Crippen MR) is 69.7 cm³/mol. The van der Waals surface area contributed by atoms with Crippen molar-refractivity contribution in [1.29, 1.82) is 0 Å². The first kappa shape index (κ1) is 12.9. The Bertz CT molecular complexity index is 343. The molecule has 0 aliphatic carbocycles. The van der Waals surface area contributed by atoms with E-state index in [1.807, 2.05) is 18.7 Å². The molecule has 4 heteroatoms. The van der Waals surface area contributed by atoms with E-state index in [1.165, 1.54) is 6.42 Å². The number of hydrogen-bond donors (Lipinski definition) is 1. The van der Waals surface area contributed by atoms with Crippen LogP contribution in [0.2, 0.25) is 0 Å². The van der Waals surface area contributed by atoms with E-state index in [1.54, 1.807) is 0 Å². The van der Waals surface area contributed by atoms with E-state index in [4.69, 9.17) is 5.73 Å². The fourth-order valence-corrected chi connectivity index (χ4v) is 1.91. The van der Waals surface area contributed by atoms with Gasteiger partial charge in [0, 0.05) is 20.1 Å². The molecule has 92 valence electrons. The number of rotatable bonds is 5. The number of aryl methyl sites for hydroxylation is 2. The molecule has 1 unspecified atom stereocenters. The van der Waals surface area contributed by atoms with Crippen molar-refractivity contribution in [3.63, 3.8) is 0 Å². The van der Waals surface area contributed by atoms with Gasteiger partial charge < -0.3 is 10.6 Å². The molecule has 0 aliphatic heterocycles. The van der Waals surface area contributed by atoms with E-state index in [9.17, 15) is 0 Å². The molecular weight excluding hydrogens is 200 g/mol. The highest BCUT2D eigenvalue weighted by molar-refractivity contribution is 5.66. The first-order valence-electron chi connectivity index (χ1n) is 6.05. The zero-order valence-corrected chi connectivity index (χ0v) is 11.1. The van der Waals surface area contributed by atoms with Gasteiger partial charge in [-0.25, -0.2) is 0 Å². The molecule has 0 amide bonds. The van der Waals surface area contributed by atoms with Crippen LogP contribution in [0.4, 0.5) is 11.5 Å². The van der Waals surface area contributed by atoms with Crippen LogP contribution in [0, 0.1) is 12.8 Å². The van der Waals surface area contributed by atoms with Gasteiger partial charge in [-0.1, -0.05) is 20.3 Å². The van der Waals surface area contributed by atoms with Crippen molar-refractivity contribution in [2.75, 3.05) is 23.7 Å². The van der Waals surface area contributed by atoms with E-state index in [0.717, 1.165) is 30.3 Å². The minimum absolute atomic E-state index is 0.676. The summed E-state index contributed by atoms with van der Waals surface area (Å²) in [6.07, 6.45) is 1.19. The number of hydrogen-bond acceptors (Lipinski definition) is 3. The van der Waals surface area contributed by atoms with Gasteiger partial charge in [-0.05, 0) is 19.8 Å². The number of aromatic nitrogens is 2. The van der Waals surface area contributed by atoms with Gasteiger partial charge in [-0.15, -0.1) is 0 Å². The molecule has 1 aromatic heterocycles. The van der Waals surface area contributed by atoms with Crippen LogP contribution in [-0.4, -0.2) is 22.9 Å². The van der Waals surface area contributed by atoms with Crippen LogP contribution in [0.1, 0.15) is 32.9 Å². The second-order valence-electron chi connectivity index (χ2n) is 4.50. The van der Waals surface area contributed by atoms with Crippen LogP contribution in [0.5, 0.6) is 0 Å². The lowest BCUT2D eigenvalue weighted by Gasteiger charge is -2.26. The van der Waals surface area contributed by atoms with Crippen LogP contribution in [-0.2, 0) is 7.05 Å². The van der Waals surface area contributed by atoms with E-state index in [2.05, 4.69) is 30.8 Å². The maximum atomic E-state index is 6.07. The van der Waals surface area contributed by atoms with Crippen molar-refractivity contribution in [3.05, 3.63) is 5.69 Å². The highest BCUT2D eigenvalue weighted by atomic mass is 15.4. The summed E-state index contributed by atoms with van der Waals surface area (Å²) in [5.41, 5.74) is 7.80. The van der Waals surface area contributed by atoms with E-state index in [0.29, 0.717) is 5.92 Å². The maximum Gasteiger partial charge on any atom is 0.150 e. The summed E-state index contributed by atoms with van der Waals surface area (Å²) in [5, 5.41) is 4.36. The van der Waals surface area contributed by atoms with Crippen molar-refractivity contribution in [2.24, 2.45) is 13.0 Å². The Morgan fingerprint density at radius 1 is 1.44 bits per heavy atom. The van der Waals surface area contributed by atoms with Crippen LogP contribution in [0.25, 0.3) is 0 Å². The maximum absolute atomic E-state index is 6.07. The molecule has 0 aliphatic rings. The molecule has 1 aromatic rings. The number of nitrogen functional groups attached to an aromatic ring is 1. The second kappa shape index (κ2) is 5.23. The first-order valence-corrected chi connectivity index (χ1v) is 6.05. The van der Waals surface area contributed by atoms with Crippen molar-refractivity contribution < 1.29 is 0 Å². The summed E-state index contributed by atoms with van der Waals surface area (Å²) in [5.74, 6) is 1.73. The summed E-state index contributed by atoms with van der Waals surface area (Å²) in [6, 6.07) is 0. The van der Waals surface area contributed by atoms with E-state index >= 15 is 0 Å². The standard InChI is InChI=1S/C12H24N4/c1-6-9(3)8-16(7-2)12-11(13)10(4)14-15(12)5/h9H,6-8,13H2,1-5H3. The highest BCUT2D eigenvalue weighted by Crippen LogP contribution is 2.26. The summed E-state index contributed by atoms with van der Waals surface area (Å²) in [7, 11) is 1.96. The molecule has 0 spiro atoms. The molecular formula is C12H24N4. The fourth-order valence-electron chi connectivity index (χ4n) is 1.91. The van der Waals surface area contributed by atoms with Gasteiger partial charge >= 0.3 is 0 Å². The van der Waals surface area contributed by atoms with Crippen molar-refractivity contribution in [2.45, 2.75) is 34.1 Å². The third kappa shape index (κ3) is 2.49. The van der Waals surface area contributed by atoms with Gasteiger partial charge in [0.05, 0.1) is 11.4 Å².